The maximum atomic E-state index is 11.1. The summed E-state index contributed by atoms with van der Waals surface area (Å²) >= 11 is 0. The number of halogens is 2. The van der Waals surface area contributed by atoms with Gasteiger partial charge in [0.25, 0.3) is 0 Å². The van der Waals surface area contributed by atoms with E-state index in [-0.39, 0.29) is 0 Å². The molecule has 6 nitrogen and oxygen atoms in total. The van der Waals surface area contributed by atoms with E-state index in [4.69, 9.17) is 0 Å². The van der Waals surface area contributed by atoms with E-state index >= 15 is 0 Å². The van der Waals surface area contributed by atoms with E-state index in [0.29, 0.717) is 0 Å². The molecule has 1 aliphatic rings. The van der Waals surface area contributed by atoms with Crippen LogP contribution < -0.4 is 0 Å². The van der Waals surface area contributed by atoms with Gasteiger partial charge in [-0.05, 0) is 0 Å². The molecule has 0 spiro atoms. The van der Waals surface area contributed by atoms with Crippen LogP contribution in [0.3, 0.4) is 0 Å². The Hall–Kier alpha value is -0.320. The first-order valence-corrected chi connectivity index (χ1v) is 7.05. The Kier molecular flexibility index (Phi) is 5.23. The SMILES string of the molecule is C[N+]1(C)CCCC1.O=S(=O)(F)[N-]S(=O)(=O)F. The lowest BCUT2D eigenvalue weighted by Crippen LogP contribution is -2.35. The van der Waals surface area contributed by atoms with Crippen LogP contribution in [0.1, 0.15) is 12.8 Å². The normalized spacial score (nSPS) is 20.0. The van der Waals surface area contributed by atoms with Crippen LogP contribution in [0.25, 0.3) is 4.13 Å². The summed E-state index contributed by atoms with van der Waals surface area (Å²) in [7, 11) is -6.64. The number of nitrogens with zero attached hydrogens (tertiary/aromatic N) is 2. The largest absolute Gasteiger partial charge is 0.379 e. The summed E-state index contributed by atoms with van der Waals surface area (Å²) in [5.74, 6) is 0. The minimum atomic E-state index is -5.62. The fourth-order valence-corrected chi connectivity index (χ4v) is 2.15. The predicted molar refractivity (Wildman–Crippen MR) is 54.5 cm³/mol. The van der Waals surface area contributed by atoms with Crippen molar-refractivity contribution in [1.29, 1.82) is 0 Å². The summed E-state index contributed by atoms with van der Waals surface area (Å²) in [6, 6.07) is 0. The third-order valence-electron chi connectivity index (χ3n) is 1.95. The van der Waals surface area contributed by atoms with Crippen LogP contribution in [-0.4, -0.2) is 48.5 Å². The Labute approximate surface area is 94.5 Å². The van der Waals surface area contributed by atoms with Crippen molar-refractivity contribution in [3.05, 3.63) is 4.13 Å². The molecule has 1 rings (SSSR count). The molecule has 1 saturated heterocycles. The molecule has 1 heterocycles. The minimum Gasteiger partial charge on any atom is -0.379 e. The third kappa shape index (κ3) is 10.2. The van der Waals surface area contributed by atoms with Crippen molar-refractivity contribution in [2.75, 3.05) is 27.2 Å². The minimum absolute atomic E-state index is 1.15. The molecule has 0 aromatic carbocycles. The molecule has 1 fully saturated rings. The first-order chi connectivity index (χ1) is 6.91. The van der Waals surface area contributed by atoms with Crippen LogP contribution in [0, 0.1) is 0 Å². The molecule has 0 amide bonds. The molecule has 0 radical (unpaired) electrons. The highest BCUT2D eigenvalue weighted by molar-refractivity contribution is 8.07. The van der Waals surface area contributed by atoms with Gasteiger partial charge in [0.1, 0.15) is 0 Å². The number of hydrogen-bond acceptors (Lipinski definition) is 4. The number of rotatable bonds is 2. The van der Waals surface area contributed by atoms with Crippen LogP contribution in [0.15, 0.2) is 0 Å². The van der Waals surface area contributed by atoms with E-state index in [0.717, 1.165) is 4.13 Å². The number of hydrogen-bond donors (Lipinski definition) is 0. The van der Waals surface area contributed by atoms with Crippen LogP contribution in [0.5, 0.6) is 0 Å². The molecular weight excluding hydrogens is 266 g/mol. The number of quaternary nitrogens is 1. The van der Waals surface area contributed by atoms with E-state index < -0.39 is 20.8 Å². The van der Waals surface area contributed by atoms with Gasteiger partial charge in [-0.25, -0.2) is 16.8 Å². The predicted octanol–water partition coefficient (Wildman–Crippen LogP) is 0.645. The Balaban J connectivity index is 0.000000288. The fourth-order valence-electron chi connectivity index (χ4n) is 1.30. The molecular formula is C6H14F2N2O4S2. The van der Waals surface area contributed by atoms with Crippen LogP contribution in [0.2, 0.25) is 0 Å². The highest BCUT2D eigenvalue weighted by Crippen LogP contribution is 2.11. The Bertz CT molecular complexity index is 380. The van der Waals surface area contributed by atoms with E-state index in [1.807, 2.05) is 0 Å². The van der Waals surface area contributed by atoms with Gasteiger partial charge in [0.05, 0.1) is 27.2 Å². The second-order valence-electron chi connectivity index (χ2n) is 3.99. The Morgan fingerprint density at radius 2 is 1.25 bits per heavy atom. The summed E-state index contributed by atoms with van der Waals surface area (Å²) < 4.78 is 61.3. The van der Waals surface area contributed by atoms with Crippen LogP contribution in [0.4, 0.5) is 7.77 Å². The lowest BCUT2D eigenvalue weighted by molar-refractivity contribution is -0.877. The Morgan fingerprint density at radius 3 is 1.31 bits per heavy atom. The zero-order valence-electron chi connectivity index (χ0n) is 8.93. The van der Waals surface area contributed by atoms with Crippen LogP contribution >= 0.6 is 0 Å². The van der Waals surface area contributed by atoms with Gasteiger partial charge in [-0.3, -0.25) is 0 Å². The van der Waals surface area contributed by atoms with E-state index in [1.165, 1.54) is 30.4 Å². The van der Waals surface area contributed by atoms with Gasteiger partial charge in [-0.2, -0.15) is 0 Å². The first-order valence-electron chi connectivity index (χ1n) is 4.37. The van der Waals surface area contributed by atoms with Crippen LogP contribution in [-0.2, 0) is 20.8 Å². The summed E-state index contributed by atoms with van der Waals surface area (Å²) in [5.41, 5.74) is 0. The standard InChI is InChI=1S/C6H14N.F2NO4S2/c1-7(2)5-3-4-6-7;1-8(4,5)3-9(2,6)7/h3-6H2,1-2H3;/q+1;-1. The molecule has 10 heteroatoms. The van der Waals surface area contributed by atoms with Crippen molar-refractivity contribution in [3.8, 4) is 0 Å². The highest BCUT2D eigenvalue weighted by Gasteiger charge is 2.19. The smallest absolute Gasteiger partial charge is 0.241 e. The first kappa shape index (κ1) is 15.7. The summed E-state index contributed by atoms with van der Waals surface area (Å²) in [4.78, 5) is 0. The van der Waals surface area contributed by atoms with Gasteiger partial charge in [0, 0.05) is 12.8 Å². The molecule has 0 aliphatic carbocycles. The fraction of sp³-hybridized carbons (Fsp3) is 1.00. The quantitative estimate of drug-likeness (QED) is 0.549. The molecule has 0 aromatic rings. The molecule has 0 unspecified atom stereocenters. The summed E-state index contributed by atoms with van der Waals surface area (Å²) in [6.45, 7) is 2.78. The maximum absolute atomic E-state index is 11.1. The van der Waals surface area contributed by atoms with E-state index in [1.54, 1.807) is 0 Å². The van der Waals surface area contributed by atoms with Gasteiger partial charge < -0.3 is 8.61 Å². The molecule has 1 aliphatic heterocycles. The molecule has 0 atom stereocenters. The van der Waals surface area contributed by atoms with Gasteiger partial charge in [0.2, 0.25) is 20.8 Å². The Morgan fingerprint density at radius 1 is 0.938 bits per heavy atom. The second-order valence-corrected chi connectivity index (χ2v) is 6.23. The van der Waals surface area contributed by atoms with Crippen molar-refractivity contribution in [2.24, 2.45) is 0 Å². The third-order valence-corrected chi connectivity index (χ3v) is 3.38. The molecule has 0 bridgehead atoms. The second kappa shape index (κ2) is 5.34. The highest BCUT2D eigenvalue weighted by atomic mass is 32.3. The molecule has 0 aromatic heterocycles. The summed E-state index contributed by atoms with van der Waals surface area (Å²) in [6.07, 6.45) is 2.88. The van der Waals surface area contributed by atoms with E-state index in [9.17, 15) is 24.6 Å². The lowest BCUT2D eigenvalue weighted by atomic mass is 10.4. The van der Waals surface area contributed by atoms with Crippen molar-refractivity contribution >= 4 is 20.8 Å². The maximum Gasteiger partial charge on any atom is 0.241 e. The molecule has 0 N–H and O–H groups in total. The van der Waals surface area contributed by atoms with Crippen molar-refractivity contribution < 1.29 is 29.1 Å². The van der Waals surface area contributed by atoms with Crippen molar-refractivity contribution in [2.45, 2.75) is 12.8 Å². The lowest BCUT2D eigenvalue weighted by Gasteiger charge is -2.21. The average molecular weight is 280 g/mol. The molecule has 0 saturated carbocycles. The van der Waals surface area contributed by atoms with Gasteiger partial charge >= 0.3 is 0 Å². The monoisotopic (exact) mass is 280 g/mol. The molecule has 16 heavy (non-hydrogen) atoms. The van der Waals surface area contributed by atoms with E-state index in [2.05, 4.69) is 14.1 Å². The number of likely N-dealkylation sites (tertiary alicyclic amines) is 1. The topological polar surface area (TPSA) is 82.4 Å². The van der Waals surface area contributed by atoms with Crippen molar-refractivity contribution in [3.63, 3.8) is 0 Å². The zero-order valence-corrected chi connectivity index (χ0v) is 10.6. The zero-order chi connectivity index (χ0) is 13.0. The molecule has 98 valence electrons. The van der Waals surface area contributed by atoms with Gasteiger partial charge in [0.15, 0.2) is 0 Å². The average Bonchev–Trinajstić information content (AvgIpc) is 2.26. The van der Waals surface area contributed by atoms with Gasteiger partial charge in [-0.15, -0.1) is 7.77 Å². The summed E-state index contributed by atoms with van der Waals surface area (Å²) in [5, 5.41) is 0. The van der Waals surface area contributed by atoms with Gasteiger partial charge in [-0.1, -0.05) is 0 Å². The van der Waals surface area contributed by atoms with Crippen molar-refractivity contribution in [1.82, 2.24) is 0 Å².